The Hall–Kier alpha value is -0.530. The molecule has 3 N–H and O–H groups in total. The molecule has 1 aliphatic rings. The molecule has 0 unspecified atom stereocenters. The molecule has 6 heteroatoms. The van der Waals surface area contributed by atoms with Crippen LogP contribution in [0.15, 0.2) is 18.2 Å². The third-order valence-electron chi connectivity index (χ3n) is 2.75. The molecule has 92 valence electrons. The third kappa shape index (κ3) is 3.02. The zero-order valence-electron chi connectivity index (χ0n) is 8.96. The first-order valence-corrected chi connectivity index (χ1v) is 6.62. The van der Waals surface area contributed by atoms with E-state index in [2.05, 4.69) is 33.2 Å². The predicted octanol–water partition coefficient (Wildman–Crippen LogP) is 2.17. The van der Waals surface area contributed by atoms with E-state index in [-0.39, 0.29) is 6.42 Å². The Labute approximate surface area is 118 Å². The molecule has 4 nitrogen and oxygen atoms in total. The number of carboxylic acids is 1. The monoisotopic (exact) mass is 366 g/mol. The maximum atomic E-state index is 10.8. The molecule has 0 radical (unpaired) electrons. The number of rotatable bonds is 4. The van der Waals surface area contributed by atoms with Crippen molar-refractivity contribution in [2.75, 3.05) is 18.4 Å². The lowest BCUT2D eigenvalue weighted by Crippen LogP contribution is -2.65. The van der Waals surface area contributed by atoms with E-state index in [1.165, 1.54) is 0 Å². The van der Waals surface area contributed by atoms with Gasteiger partial charge >= 0.3 is 5.97 Å². The Kier molecular flexibility index (Phi) is 3.79. The Bertz CT molecular complexity index is 449. The van der Waals surface area contributed by atoms with Crippen LogP contribution in [0.5, 0.6) is 0 Å². The van der Waals surface area contributed by atoms with Crippen LogP contribution in [0, 0.1) is 3.57 Å². The van der Waals surface area contributed by atoms with Crippen LogP contribution in [0.4, 0.5) is 5.69 Å². The van der Waals surface area contributed by atoms with Crippen LogP contribution in [-0.2, 0) is 4.79 Å². The fourth-order valence-corrected chi connectivity index (χ4v) is 2.75. The molecule has 1 aromatic carbocycles. The number of aliphatic carboxylic acids is 1. The number of benzene rings is 1. The molecular weight excluding hydrogens is 354 g/mol. The summed E-state index contributed by atoms with van der Waals surface area (Å²) in [5.41, 5.74) is 0.372. The van der Waals surface area contributed by atoms with Gasteiger partial charge in [-0.1, -0.05) is 11.6 Å². The van der Waals surface area contributed by atoms with Crippen LogP contribution in [0.2, 0.25) is 5.02 Å². The fourth-order valence-electron chi connectivity index (χ4n) is 1.85. The SMILES string of the molecule is O=C(O)CC1(Nc2ccc(I)cc2Cl)CNC1. The second-order valence-electron chi connectivity index (χ2n) is 4.20. The maximum absolute atomic E-state index is 10.8. The molecule has 0 bridgehead atoms. The summed E-state index contributed by atoms with van der Waals surface area (Å²) in [5.74, 6) is -0.805. The van der Waals surface area contributed by atoms with Gasteiger partial charge in [0.05, 0.1) is 22.7 Å². The smallest absolute Gasteiger partial charge is 0.305 e. The number of carboxylic acid groups (broad SMARTS) is 1. The number of nitrogens with one attached hydrogen (secondary N) is 2. The van der Waals surface area contributed by atoms with Gasteiger partial charge in [0, 0.05) is 16.7 Å². The molecule has 1 saturated heterocycles. The van der Waals surface area contributed by atoms with Crippen molar-refractivity contribution in [2.24, 2.45) is 0 Å². The van der Waals surface area contributed by atoms with Crippen molar-refractivity contribution in [3.05, 3.63) is 26.8 Å². The molecule has 0 aromatic heterocycles. The van der Waals surface area contributed by atoms with Crippen LogP contribution in [-0.4, -0.2) is 29.7 Å². The Morgan fingerprint density at radius 1 is 1.59 bits per heavy atom. The lowest BCUT2D eigenvalue weighted by atomic mass is 9.88. The predicted molar refractivity (Wildman–Crippen MR) is 75.6 cm³/mol. The first-order valence-electron chi connectivity index (χ1n) is 5.17. The van der Waals surface area contributed by atoms with Crippen LogP contribution >= 0.6 is 34.2 Å². The third-order valence-corrected chi connectivity index (χ3v) is 3.73. The van der Waals surface area contributed by atoms with E-state index in [4.69, 9.17) is 16.7 Å². The highest BCUT2D eigenvalue weighted by Gasteiger charge is 2.39. The van der Waals surface area contributed by atoms with Crippen LogP contribution in [0.3, 0.4) is 0 Å². The summed E-state index contributed by atoms with van der Waals surface area (Å²) in [4.78, 5) is 10.8. The molecule has 0 spiro atoms. The zero-order chi connectivity index (χ0) is 12.5. The van der Waals surface area contributed by atoms with Gasteiger partial charge in [-0.2, -0.15) is 0 Å². The van der Waals surface area contributed by atoms with Crippen LogP contribution in [0.1, 0.15) is 6.42 Å². The minimum Gasteiger partial charge on any atom is -0.481 e. The molecule has 1 aromatic rings. The van der Waals surface area contributed by atoms with E-state index >= 15 is 0 Å². The van der Waals surface area contributed by atoms with E-state index in [1.54, 1.807) is 0 Å². The topological polar surface area (TPSA) is 61.4 Å². The molecule has 2 rings (SSSR count). The number of hydrogen-bond acceptors (Lipinski definition) is 3. The summed E-state index contributed by atoms with van der Waals surface area (Å²) in [6, 6.07) is 5.67. The quantitative estimate of drug-likeness (QED) is 0.715. The van der Waals surface area contributed by atoms with Crippen molar-refractivity contribution in [2.45, 2.75) is 12.0 Å². The molecule has 1 fully saturated rings. The van der Waals surface area contributed by atoms with E-state index in [0.29, 0.717) is 18.1 Å². The second-order valence-corrected chi connectivity index (χ2v) is 5.86. The van der Waals surface area contributed by atoms with Gasteiger partial charge in [-0.05, 0) is 40.8 Å². The van der Waals surface area contributed by atoms with Gasteiger partial charge in [0.25, 0.3) is 0 Å². The fraction of sp³-hybridized carbons (Fsp3) is 0.364. The largest absolute Gasteiger partial charge is 0.481 e. The van der Waals surface area contributed by atoms with Gasteiger partial charge < -0.3 is 15.7 Å². The average Bonchev–Trinajstić information content (AvgIpc) is 2.18. The number of halogens is 2. The average molecular weight is 367 g/mol. The highest BCUT2D eigenvalue weighted by atomic mass is 127. The lowest BCUT2D eigenvalue weighted by Gasteiger charge is -2.43. The van der Waals surface area contributed by atoms with Crippen molar-refractivity contribution < 1.29 is 9.90 Å². The number of hydrogen-bond donors (Lipinski definition) is 3. The minimum absolute atomic E-state index is 0.0856. The minimum atomic E-state index is -0.805. The number of anilines is 1. The Morgan fingerprint density at radius 2 is 2.29 bits per heavy atom. The summed E-state index contributed by atoms with van der Waals surface area (Å²) in [5, 5.41) is 15.9. The standard InChI is InChI=1S/C11H12ClIN2O2/c12-8-3-7(13)1-2-9(8)15-11(4-10(16)17)5-14-6-11/h1-3,14-15H,4-6H2,(H,16,17). The molecule has 0 amide bonds. The molecule has 1 aliphatic heterocycles. The molecular formula is C11H12ClIN2O2. The summed E-state index contributed by atoms with van der Waals surface area (Å²) in [6.45, 7) is 1.28. The Balaban J connectivity index is 2.15. The van der Waals surface area contributed by atoms with Crippen molar-refractivity contribution >= 4 is 45.8 Å². The maximum Gasteiger partial charge on any atom is 0.305 e. The van der Waals surface area contributed by atoms with Gasteiger partial charge in [0.15, 0.2) is 0 Å². The number of carbonyl (C=O) groups is 1. The summed E-state index contributed by atoms with van der Waals surface area (Å²) < 4.78 is 1.05. The molecule has 17 heavy (non-hydrogen) atoms. The van der Waals surface area contributed by atoms with E-state index in [9.17, 15) is 4.79 Å². The summed E-state index contributed by atoms with van der Waals surface area (Å²) in [7, 11) is 0. The first kappa shape index (κ1) is 12.9. The van der Waals surface area contributed by atoms with E-state index in [0.717, 1.165) is 9.26 Å². The molecule has 1 heterocycles. The summed E-state index contributed by atoms with van der Waals surface area (Å²) >= 11 is 8.30. The van der Waals surface area contributed by atoms with Crippen LogP contribution in [0.25, 0.3) is 0 Å². The van der Waals surface area contributed by atoms with Gasteiger partial charge in [-0.3, -0.25) is 4.79 Å². The zero-order valence-corrected chi connectivity index (χ0v) is 11.9. The first-order chi connectivity index (χ1) is 8.01. The molecule has 0 aliphatic carbocycles. The molecule has 0 saturated carbocycles. The van der Waals surface area contributed by atoms with Gasteiger partial charge in [-0.15, -0.1) is 0 Å². The van der Waals surface area contributed by atoms with E-state index in [1.807, 2.05) is 18.2 Å². The molecule has 0 atom stereocenters. The van der Waals surface area contributed by atoms with Crippen molar-refractivity contribution in [1.29, 1.82) is 0 Å². The van der Waals surface area contributed by atoms with Crippen molar-refractivity contribution in [3.63, 3.8) is 0 Å². The summed E-state index contributed by atoms with van der Waals surface area (Å²) in [6.07, 6.45) is 0.0856. The van der Waals surface area contributed by atoms with Gasteiger partial charge in [-0.25, -0.2) is 0 Å². The van der Waals surface area contributed by atoms with Crippen molar-refractivity contribution in [3.8, 4) is 0 Å². The highest BCUT2D eigenvalue weighted by molar-refractivity contribution is 14.1. The van der Waals surface area contributed by atoms with Gasteiger partial charge in [0.2, 0.25) is 0 Å². The normalized spacial score (nSPS) is 17.3. The van der Waals surface area contributed by atoms with Gasteiger partial charge in [0.1, 0.15) is 0 Å². The highest BCUT2D eigenvalue weighted by Crippen LogP contribution is 2.29. The van der Waals surface area contributed by atoms with E-state index < -0.39 is 11.5 Å². The Morgan fingerprint density at radius 3 is 2.76 bits per heavy atom. The van der Waals surface area contributed by atoms with Crippen LogP contribution < -0.4 is 10.6 Å². The second kappa shape index (κ2) is 4.99. The lowest BCUT2D eigenvalue weighted by molar-refractivity contribution is -0.138. The van der Waals surface area contributed by atoms with Crippen molar-refractivity contribution in [1.82, 2.24) is 5.32 Å².